The lowest BCUT2D eigenvalue weighted by Crippen LogP contribution is -2.49. The van der Waals surface area contributed by atoms with Crippen LogP contribution in [-0.4, -0.2) is 38.9 Å². The Labute approximate surface area is 103 Å². The first-order valence-corrected chi connectivity index (χ1v) is 8.83. The Balaban J connectivity index is 2.83. The molecule has 2 N–H and O–H groups in total. The molecule has 0 spiro atoms. The lowest BCUT2D eigenvalue weighted by molar-refractivity contribution is 0.230. The van der Waals surface area contributed by atoms with E-state index in [1.807, 2.05) is 0 Å². The van der Waals surface area contributed by atoms with Gasteiger partial charge in [0, 0.05) is 6.04 Å². The largest absolute Gasteiger partial charge is 0.285 e. The van der Waals surface area contributed by atoms with E-state index < -0.39 is 25.4 Å². The SMILES string of the molecule is CC1CC(S(=O)(=O)O)CC(C)C1NS(C)(=O)=O. The van der Waals surface area contributed by atoms with Gasteiger partial charge in [0.25, 0.3) is 10.1 Å². The molecule has 0 saturated heterocycles. The quantitative estimate of drug-likeness (QED) is 0.723. The summed E-state index contributed by atoms with van der Waals surface area (Å²) < 4.78 is 56.1. The number of nitrogens with one attached hydrogen (secondary N) is 1. The van der Waals surface area contributed by atoms with E-state index in [0.717, 1.165) is 6.26 Å². The van der Waals surface area contributed by atoms with Crippen LogP contribution in [-0.2, 0) is 20.1 Å². The molecule has 2 unspecified atom stereocenters. The van der Waals surface area contributed by atoms with Crippen LogP contribution < -0.4 is 4.72 Å². The fraction of sp³-hybridized carbons (Fsp3) is 1.00. The van der Waals surface area contributed by atoms with Gasteiger partial charge >= 0.3 is 0 Å². The molecule has 17 heavy (non-hydrogen) atoms. The van der Waals surface area contributed by atoms with Crippen LogP contribution in [0.25, 0.3) is 0 Å². The van der Waals surface area contributed by atoms with Gasteiger partial charge in [-0.15, -0.1) is 0 Å². The second-order valence-electron chi connectivity index (χ2n) is 4.98. The van der Waals surface area contributed by atoms with Crippen molar-refractivity contribution >= 4 is 20.1 Å². The zero-order valence-corrected chi connectivity index (χ0v) is 11.8. The second kappa shape index (κ2) is 4.83. The average Bonchev–Trinajstić information content (AvgIpc) is 2.07. The molecule has 0 aromatic rings. The van der Waals surface area contributed by atoms with Crippen molar-refractivity contribution in [1.82, 2.24) is 4.72 Å². The molecular formula is C9H19NO5S2. The molecule has 0 heterocycles. The molecule has 0 aromatic heterocycles. The van der Waals surface area contributed by atoms with E-state index in [4.69, 9.17) is 4.55 Å². The molecule has 1 aliphatic carbocycles. The van der Waals surface area contributed by atoms with Crippen LogP contribution in [0.15, 0.2) is 0 Å². The Kier molecular flexibility index (Phi) is 4.23. The van der Waals surface area contributed by atoms with Crippen LogP contribution >= 0.6 is 0 Å². The van der Waals surface area contributed by atoms with Crippen molar-refractivity contribution in [3.63, 3.8) is 0 Å². The van der Waals surface area contributed by atoms with Gasteiger partial charge in [-0.1, -0.05) is 13.8 Å². The van der Waals surface area contributed by atoms with Crippen molar-refractivity contribution in [2.75, 3.05) is 6.26 Å². The van der Waals surface area contributed by atoms with Crippen molar-refractivity contribution in [1.29, 1.82) is 0 Å². The molecule has 1 fully saturated rings. The molecule has 2 atom stereocenters. The highest BCUT2D eigenvalue weighted by molar-refractivity contribution is 7.88. The Hall–Kier alpha value is -0.180. The van der Waals surface area contributed by atoms with Gasteiger partial charge in [0.15, 0.2) is 0 Å². The van der Waals surface area contributed by atoms with Crippen molar-refractivity contribution in [2.24, 2.45) is 11.8 Å². The van der Waals surface area contributed by atoms with Gasteiger partial charge in [-0.05, 0) is 24.7 Å². The highest BCUT2D eigenvalue weighted by Gasteiger charge is 2.39. The summed E-state index contributed by atoms with van der Waals surface area (Å²) in [5.74, 6) is -0.249. The fourth-order valence-corrected chi connectivity index (χ4v) is 4.55. The van der Waals surface area contributed by atoms with Crippen molar-refractivity contribution < 1.29 is 21.4 Å². The molecule has 0 amide bonds. The third-order valence-corrected chi connectivity index (χ3v) is 5.19. The standard InChI is InChI=1S/C9H19NO5S2/c1-6-4-8(17(13,14)15)5-7(2)9(6)10-16(3,11)12/h6-10H,4-5H2,1-3H3,(H,13,14,15). The summed E-state index contributed by atoms with van der Waals surface area (Å²) in [6, 6.07) is -0.275. The molecule has 0 radical (unpaired) electrons. The molecule has 102 valence electrons. The maximum Gasteiger partial charge on any atom is 0.267 e. The summed E-state index contributed by atoms with van der Waals surface area (Å²) in [4.78, 5) is 0. The summed E-state index contributed by atoms with van der Waals surface area (Å²) in [5, 5.41) is -0.787. The molecule has 1 rings (SSSR count). The fourth-order valence-electron chi connectivity index (χ4n) is 2.50. The minimum absolute atomic E-state index is 0.125. The number of hydrogen-bond acceptors (Lipinski definition) is 4. The van der Waals surface area contributed by atoms with Crippen LogP contribution in [0.5, 0.6) is 0 Å². The average molecular weight is 285 g/mol. The summed E-state index contributed by atoms with van der Waals surface area (Å²) >= 11 is 0. The maximum atomic E-state index is 11.2. The second-order valence-corrected chi connectivity index (χ2v) is 8.46. The smallest absolute Gasteiger partial charge is 0.267 e. The van der Waals surface area contributed by atoms with Crippen LogP contribution in [0.1, 0.15) is 26.7 Å². The predicted molar refractivity (Wildman–Crippen MR) is 64.7 cm³/mol. The zero-order valence-electron chi connectivity index (χ0n) is 10.1. The summed E-state index contributed by atoms with van der Waals surface area (Å²) in [7, 11) is -7.34. The molecule has 8 heteroatoms. The van der Waals surface area contributed by atoms with Gasteiger partial charge < -0.3 is 0 Å². The lowest BCUT2D eigenvalue weighted by Gasteiger charge is -2.37. The molecule has 1 saturated carbocycles. The zero-order chi connectivity index (χ0) is 13.4. The Morgan fingerprint density at radius 1 is 1.06 bits per heavy atom. The molecule has 1 aliphatic rings. The van der Waals surface area contributed by atoms with Crippen LogP contribution in [0.2, 0.25) is 0 Å². The van der Waals surface area contributed by atoms with Gasteiger partial charge in [-0.2, -0.15) is 8.42 Å². The molecule has 0 aliphatic heterocycles. The highest BCUT2D eigenvalue weighted by Crippen LogP contribution is 2.32. The van der Waals surface area contributed by atoms with Crippen molar-refractivity contribution in [2.45, 2.75) is 38.0 Å². The maximum absolute atomic E-state index is 11.2. The number of rotatable bonds is 3. The van der Waals surface area contributed by atoms with Gasteiger partial charge in [0.1, 0.15) is 0 Å². The van der Waals surface area contributed by atoms with Crippen LogP contribution in [0.3, 0.4) is 0 Å². The van der Waals surface area contributed by atoms with Crippen molar-refractivity contribution in [3.05, 3.63) is 0 Å². The minimum Gasteiger partial charge on any atom is -0.285 e. The predicted octanol–water partition coefficient (Wildman–Crippen LogP) is 0.227. The summed E-state index contributed by atoms with van der Waals surface area (Å²) in [6.45, 7) is 3.58. The third kappa shape index (κ3) is 4.20. The molecule has 6 nitrogen and oxygen atoms in total. The molecule has 0 aromatic carbocycles. The van der Waals surface area contributed by atoms with Gasteiger partial charge in [0.05, 0.1) is 11.5 Å². The van der Waals surface area contributed by atoms with Gasteiger partial charge in [0.2, 0.25) is 10.0 Å². The summed E-state index contributed by atoms with van der Waals surface area (Å²) in [6.07, 6.45) is 1.63. The van der Waals surface area contributed by atoms with E-state index in [1.54, 1.807) is 13.8 Å². The van der Waals surface area contributed by atoms with Crippen LogP contribution in [0.4, 0.5) is 0 Å². The summed E-state index contributed by atoms with van der Waals surface area (Å²) in [5.41, 5.74) is 0. The van der Waals surface area contributed by atoms with Crippen molar-refractivity contribution in [3.8, 4) is 0 Å². The Morgan fingerprint density at radius 3 is 1.76 bits per heavy atom. The monoisotopic (exact) mass is 285 g/mol. The van der Waals surface area contributed by atoms with E-state index in [9.17, 15) is 16.8 Å². The number of sulfonamides is 1. The Morgan fingerprint density at radius 2 is 1.47 bits per heavy atom. The minimum atomic E-state index is -4.04. The molecular weight excluding hydrogens is 266 g/mol. The van der Waals surface area contributed by atoms with E-state index >= 15 is 0 Å². The first-order chi connectivity index (χ1) is 7.50. The topological polar surface area (TPSA) is 101 Å². The van der Waals surface area contributed by atoms with E-state index in [2.05, 4.69) is 4.72 Å². The Bertz CT molecular complexity index is 458. The van der Waals surface area contributed by atoms with E-state index in [-0.39, 0.29) is 30.7 Å². The highest BCUT2D eigenvalue weighted by atomic mass is 32.2. The first-order valence-electron chi connectivity index (χ1n) is 5.44. The first kappa shape index (κ1) is 14.9. The van der Waals surface area contributed by atoms with E-state index in [0.29, 0.717) is 0 Å². The number of hydrogen-bond donors (Lipinski definition) is 2. The third-order valence-electron chi connectivity index (χ3n) is 3.27. The normalized spacial score (nSPS) is 35.8. The lowest BCUT2D eigenvalue weighted by atomic mass is 9.79. The van der Waals surface area contributed by atoms with Gasteiger partial charge in [-0.25, -0.2) is 13.1 Å². The van der Waals surface area contributed by atoms with Crippen LogP contribution in [0, 0.1) is 11.8 Å². The van der Waals surface area contributed by atoms with Gasteiger partial charge in [-0.3, -0.25) is 4.55 Å². The van der Waals surface area contributed by atoms with E-state index in [1.165, 1.54) is 0 Å². The molecule has 0 bridgehead atoms.